The van der Waals surface area contributed by atoms with Gasteiger partial charge in [-0.25, -0.2) is 9.86 Å². The highest BCUT2D eigenvalue weighted by molar-refractivity contribution is 6.02. The Morgan fingerprint density at radius 1 is 1.13 bits per heavy atom. The van der Waals surface area contributed by atoms with Crippen LogP contribution in [0, 0.1) is 0 Å². The Balaban J connectivity index is 2.28. The number of nitrogens with zero attached hydrogens (tertiary/aromatic N) is 1. The number of amides is 1. The van der Waals surface area contributed by atoms with E-state index in [4.69, 9.17) is 5.11 Å². The molecule has 1 amide bonds. The number of carbonyl (C=O) groups is 2. The van der Waals surface area contributed by atoms with Crippen molar-refractivity contribution in [1.29, 1.82) is 0 Å². The second kappa shape index (κ2) is 6.82. The number of rotatable bonds is 5. The molecule has 0 bridgehead atoms. The van der Waals surface area contributed by atoms with E-state index in [1.165, 1.54) is 0 Å². The average Bonchev–Trinajstić information content (AvgIpc) is 2.95. The molecule has 0 heterocycles. The normalized spacial score (nSPS) is 14.9. The first-order valence-electron chi connectivity index (χ1n) is 6.85. The summed E-state index contributed by atoms with van der Waals surface area (Å²) in [7, 11) is 0. The van der Waals surface area contributed by atoms with Gasteiger partial charge in [-0.05, 0) is 24.8 Å². The van der Waals surface area contributed by atoms with E-state index in [2.05, 4.69) is 4.84 Å². The van der Waals surface area contributed by atoms with Crippen molar-refractivity contribution >= 4 is 11.9 Å². The first-order valence-corrected chi connectivity index (χ1v) is 6.85. The highest BCUT2D eigenvalue weighted by Gasteiger charge is 2.38. The van der Waals surface area contributed by atoms with E-state index in [1.54, 1.807) is 30.3 Å². The van der Waals surface area contributed by atoms with Crippen molar-refractivity contribution in [3.63, 3.8) is 0 Å². The van der Waals surface area contributed by atoms with Gasteiger partial charge in [-0.1, -0.05) is 30.3 Å². The predicted molar refractivity (Wildman–Crippen MR) is 72.6 cm³/mol. The Morgan fingerprint density at radius 3 is 2.30 bits per heavy atom. The van der Waals surface area contributed by atoms with Crippen LogP contribution in [0.3, 0.4) is 0 Å². The second-order valence-corrected chi connectivity index (χ2v) is 4.98. The molecule has 1 aromatic carbocycles. The van der Waals surface area contributed by atoms with Crippen LogP contribution in [0.25, 0.3) is 0 Å². The van der Waals surface area contributed by atoms with Gasteiger partial charge < -0.3 is 5.11 Å². The topological polar surface area (TPSA) is 66.8 Å². The van der Waals surface area contributed by atoms with Crippen LogP contribution in [-0.4, -0.2) is 28.4 Å². The number of carboxylic acid groups (broad SMARTS) is 1. The van der Waals surface area contributed by atoms with Crippen LogP contribution in [0.15, 0.2) is 41.5 Å². The maximum atomic E-state index is 12.6. The third-order valence-electron chi connectivity index (χ3n) is 3.34. The van der Waals surface area contributed by atoms with Crippen LogP contribution in [-0.2, 0) is 21.0 Å². The molecule has 1 aliphatic carbocycles. The molecule has 0 aromatic heterocycles. The maximum Gasteiger partial charge on any atom is 0.544 e. The van der Waals surface area contributed by atoms with E-state index in [9.17, 15) is 22.8 Å². The van der Waals surface area contributed by atoms with Gasteiger partial charge >= 0.3 is 12.3 Å². The molecule has 1 aromatic rings. The van der Waals surface area contributed by atoms with Crippen molar-refractivity contribution in [3.8, 4) is 0 Å². The average molecular weight is 329 g/mol. The largest absolute Gasteiger partial charge is 0.544 e. The van der Waals surface area contributed by atoms with E-state index < -0.39 is 24.8 Å². The van der Waals surface area contributed by atoms with E-state index in [0.29, 0.717) is 12.0 Å². The molecule has 0 spiro atoms. The Kier molecular flexibility index (Phi) is 5.05. The molecular weight excluding hydrogens is 315 g/mol. The lowest BCUT2D eigenvalue weighted by atomic mass is 10.1. The van der Waals surface area contributed by atoms with Crippen molar-refractivity contribution in [2.24, 2.45) is 0 Å². The van der Waals surface area contributed by atoms with Gasteiger partial charge in [0.2, 0.25) is 0 Å². The Bertz CT molecular complexity index is 625. The number of hydrogen-bond acceptors (Lipinski definition) is 3. The third kappa shape index (κ3) is 4.56. The van der Waals surface area contributed by atoms with Crippen molar-refractivity contribution in [1.82, 2.24) is 5.06 Å². The van der Waals surface area contributed by atoms with Crippen molar-refractivity contribution < 1.29 is 32.7 Å². The number of carboxylic acids is 1. The fraction of sp³-hybridized carbons (Fsp3) is 0.333. The molecule has 0 radical (unpaired) electrons. The van der Waals surface area contributed by atoms with Crippen LogP contribution in [0.4, 0.5) is 13.2 Å². The van der Waals surface area contributed by atoms with Gasteiger partial charge in [-0.15, -0.1) is 13.2 Å². The molecule has 5 nitrogen and oxygen atoms in total. The minimum absolute atomic E-state index is 0.118. The molecule has 8 heteroatoms. The molecule has 23 heavy (non-hydrogen) atoms. The number of carbonyl (C=O) groups excluding carboxylic acids is 1. The Hall–Kier alpha value is -2.35. The lowest BCUT2D eigenvalue weighted by Gasteiger charge is -2.23. The minimum atomic E-state index is -5.05. The first-order chi connectivity index (χ1) is 10.8. The predicted octanol–water partition coefficient (Wildman–Crippen LogP) is 3.03. The standard InChI is InChI=1S/C15H14F3NO4/c16-15(17,18)23-19(9-10-5-2-1-3-6-10)13(20)11-7-4-8-12(11)14(21)22/h1-3,5-6H,4,7-9H2,(H,21,22). The Morgan fingerprint density at radius 2 is 1.74 bits per heavy atom. The van der Waals surface area contributed by atoms with E-state index in [1.807, 2.05) is 0 Å². The summed E-state index contributed by atoms with van der Waals surface area (Å²) < 4.78 is 37.7. The summed E-state index contributed by atoms with van der Waals surface area (Å²) >= 11 is 0. The van der Waals surface area contributed by atoms with Gasteiger partial charge in [-0.3, -0.25) is 4.79 Å². The molecule has 124 valence electrons. The van der Waals surface area contributed by atoms with Gasteiger partial charge in [0.15, 0.2) is 0 Å². The molecular formula is C15H14F3NO4. The SMILES string of the molecule is O=C(O)C1=C(C(=O)N(Cc2ccccc2)OC(F)(F)F)CCC1. The van der Waals surface area contributed by atoms with Gasteiger partial charge in [0.05, 0.1) is 6.54 Å². The number of hydrogen-bond donors (Lipinski definition) is 1. The highest BCUT2D eigenvalue weighted by atomic mass is 19.4. The zero-order valence-electron chi connectivity index (χ0n) is 12.0. The number of halogens is 3. The number of aliphatic carboxylic acids is 1. The van der Waals surface area contributed by atoms with Crippen LogP contribution in [0.1, 0.15) is 24.8 Å². The third-order valence-corrected chi connectivity index (χ3v) is 3.34. The Labute approximate surface area is 129 Å². The quantitative estimate of drug-likeness (QED) is 0.843. The molecule has 1 N–H and O–H groups in total. The van der Waals surface area contributed by atoms with Crippen LogP contribution in [0.2, 0.25) is 0 Å². The molecule has 0 unspecified atom stereocenters. The monoisotopic (exact) mass is 329 g/mol. The van der Waals surface area contributed by atoms with Crippen LogP contribution >= 0.6 is 0 Å². The van der Waals surface area contributed by atoms with Crippen molar-refractivity contribution in [2.45, 2.75) is 32.2 Å². The highest BCUT2D eigenvalue weighted by Crippen LogP contribution is 2.30. The van der Waals surface area contributed by atoms with E-state index in [0.717, 1.165) is 0 Å². The summed E-state index contributed by atoms with van der Waals surface area (Å²) in [4.78, 5) is 27.2. The molecule has 2 rings (SSSR count). The number of benzene rings is 1. The second-order valence-electron chi connectivity index (χ2n) is 4.98. The summed E-state index contributed by atoms with van der Waals surface area (Å²) in [5, 5.41) is 9.21. The smallest absolute Gasteiger partial charge is 0.478 e. The lowest BCUT2D eigenvalue weighted by Crippen LogP contribution is -2.37. The first kappa shape index (κ1) is 17.0. The number of hydroxylamine groups is 2. The van der Waals surface area contributed by atoms with Gasteiger partial charge in [-0.2, -0.15) is 4.84 Å². The summed E-state index contributed by atoms with van der Waals surface area (Å²) in [6, 6.07) is 8.00. The van der Waals surface area contributed by atoms with E-state index >= 15 is 0 Å². The van der Waals surface area contributed by atoms with Crippen molar-refractivity contribution in [3.05, 3.63) is 47.0 Å². The lowest BCUT2D eigenvalue weighted by molar-refractivity contribution is -0.404. The molecule has 1 aliphatic rings. The van der Waals surface area contributed by atoms with Gasteiger partial charge in [0.1, 0.15) is 0 Å². The fourth-order valence-corrected chi connectivity index (χ4v) is 2.39. The molecule has 0 aliphatic heterocycles. The zero-order chi connectivity index (χ0) is 17.0. The summed E-state index contributed by atoms with van der Waals surface area (Å²) in [6.45, 7) is -0.435. The van der Waals surface area contributed by atoms with Crippen LogP contribution < -0.4 is 0 Å². The van der Waals surface area contributed by atoms with Crippen molar-refractivity contribution in [2.75, 3.05) is 0 Å². The maximum absolute atomic E-state index is 12.6. The molecule has 0 fully saturated rings. The summed E-state index contributed by atoms with van der Waals surface area (Å²) in [6.07, 6.45) is -4.37. The zero-order valence-corrected chi connectivity index (χ0v) is 12.0. The summed E-state index contributed by atoms with van der Waals surface area (Å²) in [5.74, 6) is -2.36. The van der Waals surface area contributed by atoms with Crippen LogP contribution in [0.5, 0.6) is 0 Å². The minimum Gasteiger partial charge on any atom is -0.478 e. The van der Waals surface area contributed by atoms with Gasteiger partial charge in [0, 0.05) is 11.1 Å². The number of alkyl halides is 3. The van der Waals surface area contributed by atoms with Gasteiger partial charge in [0.25, 0.3) is 5.91 Å². The summed E-state index contributed by atoms with van der Waals surface area (Å²) in [5.41, 5.74) is 0.136. The molecule has 0 saturated heterocycles. The van der Waals surface area contributed by atoms with E-state index in [-0.39, 0.29) is 29.1 Å². The molecule has 0 atom stereocenters. The molecule has 0 saturated carbocycles. The fourth-order valence-electron chi connectivity index (χ4n) is 2.39.